The molecule has 1 aromatic heterocycles. The Bertz CT molecular complexity index is 585. The van der Waals surface area contributed by atoms with Gasteiger partial charge in [0.05, 0.1) is 6.42 Å². The predicted molar refractivity (Wildman–Crippen MR) is 70.9 cm³/mol. The summed E-state index contributed by atoms with van der Waals surface area (Å²) in [6.07, 6.45) is 7.22. The number of hydrogen-bond acceptors (Lipinski definition) is 2. The SMILES string of the molecule is C#Cc1cccc(NC(=O)Cc2ccccn2)c1. The molecule has 2 aromatic rings. The third kappa shape index (κ3) is 3.19. The summed E-state index contributed by atoms with van der Waals surface area (Å²) in [4.78, 5) is 15.9. The summed E-state index contributed by atoms with van der Waals surface area (Å²) in [6, 6.07) is 12.7. The zero-order chi connectivity index (χ0) is 12.8. The van der Waals surface area contributed by atoms with Gasteiger partial charge in [0.15, 0.2) is 0 Å². The second-order valence-corrected chi connectivity index (χ2v) is 3.77. The normalized spacial score (nSPS) is 9.50. The van der Waals surface area contributed by atoms with Gasteiger partial charge in [-0.25, -0.2) is 0 Å². The Morgan fingerprint density at radius 3 is 2.89 bits per heavy atom. The first-order chi connectivity index (χ1) is 8.78. The molecule has 0 atom stereocenters. The van der Waals surface area contributed by atoms with E-state index < -0.39 is 0 Å². The molecule has 0 spiro atoms. The molecule has 3 heteroatoms. The van der Waals surface area contributed by atoms with Gasteiger partial charge in [0.2, 0.25) is 5.91 Å². The van der Waals surface area contributed by atoms with Gasteiger partial charge < -0.3 is 5.32 Å². The van der Waals surface area contributed by atoms with Crippen molar-refractivity contribution >= 4 is 11.6 Å². The van der Waals surface area contributed by atoms with Crippen molar-refractivity contribution < 1.29 is 4.79 Å². The number of rotatable bonds is 3. The number of amides is 1. The predicted octanol–water partition coefficient (Wildman–Crippen LogP) is 2.24. The second kappa shape index (κ2) is 5.65. The van der Waals surface area contributed by atoms with Crippen molar-refractivity contribution in [1.82, 2.24) is 4.98 Å². The van der Waals surface area contributed by atoms with Crippen molar-refractivity contribution in [2.45, 2.75) is 6.42 Å². The molecule has 18 heavy (non-hydrogen) atoms. The molecule has 0 bridgehead atoms. The van der Waals surface area contributed by atoms with Crippen LogP contribution in [0.15, 0.2) is 48.7 Å². The van der Waals surface area contributed by atoms with Crippen LogP contribution in [0.1, 0.15) is 11.3 Å². The fourth-order valence-electron chi connectivity index (χ4n) is 1.56. The van der Waals surface area contributed by atoms with Crippen molar-refractivity contribution in [1.29, 1.82) is 0 Å². The van der Waals surface area contributed by atoms with Crippen LogP contribution in [0.25, 0.3) is 0 Å². The average Bonchev–Trinajstić information content (AvgIpc) is 2.40. The third-order valence-electron chi connectivity index (χ3n) is 2.38. The maximum absolute atomic E-state index is 11.8. The van der Waals surface area contributed by atoms with E-state index in [1.54, 1.807) is 18.3 Å². The van der Waals surface area contributed by atoms with Crippen LogP contribution in [-0.2, 0) is 11.2 Å². The highest BCUT2D eigenvalue weighted by atomic mass is 16.1. The number of nitrogens with zero attached hydrogens (tertiary/aromatic N) is 1. The maximum Gasteiger partial charge on any atom is 0.230 e. The summed E-state index contributed by atoms with van der Waals surface area (Å²) < 4.78 is 0. The zero-order valence-electron chi connectivity index (χ0n) is 9.76. The van der Waals surface area contributed by atoms with Gasteiger partial charge in [-0.1, -0.05) is 18.1 Å². The van der Waals surface area contributed by atoms with E-state index in [1.165, 1.54) is 0 Å². The second-order valence-electron chi connectivity index (χ2n) is 3.77. The van der Waals surface area contributed by atoms with Gasteiger partial charge in [0.1, 0.15) is 0 Å². The summed E-state index contributed by atoms with van der Waals surface area (Å²) in [6.45, 7) is 0. The van der Waals surface area contributed by atoms with Crippen molar-refractivity contribution in [3.05, 3.63) is 59.9 Å². The number of pyridine rings is 1. The van der Waals surface area contributed by atoms with Crippen molar-refractivity contribution in [3.8, 4) is 12.3 Å². The molecule has 2 rings (SSSR count). The fraction of sp³-hybridized carbons (Fsp3) is 0.0667. The van der Waals surface area contributed by atoms with E-state index in [1.807, 2.05) is 30.3 Å². The molecule has 0 unspecified atom stereocenters. The number of anilines is 1. The van der Waals surface area contributed by atoms with Crippen molar-refractivity contribution in [2.24, 2.45) is 0 Å². The molecule has 3 nitrogen and oxygen atoms in total. The summed E-state index contributed by atoms with van der Waals surface area (Å²) in [7, 11) is 0. The van der Waals surface area contributed by atoms with Gasteiger partial charge in [0, 0.05) is 23.1 Å². The van der Waals surface area contributed by atoms with Gasteiger partial charge in [-0.05, 0) is 30.3 Å². The Labute approximate surface area is 106 Å². The molecule has 0 saturated carbocycles. The number of aromatic nitrogens is 1. The topological polar surface area (TPSA) is 42.0 Å². The van der Waals surface area contributed by atoms with Gasteiger partial charge in [-0.2, -0.15) is 0 Å². The first-order valence-electron chi connectivity index (χ1n) is 5.54. The number of hydrogen-bond donors (Lipinski definition) is 1. The van der Waals surface area contributed by atoms with Crippen LogP contribution in [-0.4, -0.2) is 10.9 Å². The molecule has 1 aromatic carbocycles. The lowest BCUT2D eigenvalue weighted by atomic mass is 10.2. The van der Waals surface area contributed by atoms with Crippen LogP contribution in [0.3, 0.4) is 0 Å². The molecule has 0 aliphatic heterocycles. The molecular weight excluding hydrogens is 224 g/mol. The quantitative estimate of drug-likeness (QED) is 0.830. The minimum absolute atomic E-state index is 0.108. The molecule has 0 radical (unpaired) electrons. The van der Waals surface area contributed by atoms with Crippen LogP contribution in [0.5, 0.6) is 0 Å². The van der Waals surface area contributed by atoms with Crippen molar-refractivity contribution in [2.75, 3.05) is 5.32 Å². The fourth-order valence-corrected chi connectivity index (χ4v) is 1.56. The first-order valence-corrected chi connectivity index (χ1v) is 5.54. The Hall–Kier alpha value is -2.60. The Morgan fingerprint density at radius 2 is 2.17 bits per heavy atom. The molecule has 1 amide bonds. The lowest BCUT2D eigenvalue weighted by molar-refractivity contribution is -0.115. The molecule has 0 saturated heterocycles. The van der Waals surface area contributed by atoms with Gasteiger partial charge in [-0.15, -0.1) is 6.42 Å². The summed E-state index contributed by atoms with van der Waals surface area (Å²) in [5.74, 6) is 2.42. The standard InChI is InChI=1S/C15H12N2O/c1-2-12-6-5-8-14(10-12)17-15(18)11-13-7-3-4-9-16-13/h1,3-10H,11H2,(H,17,18). The van der Waals surface area contributed by atoms with E-state index in [-0.39, 0.29) is 12.3 Å². The Morgan fingerprint density at radius 1 is 1.28 bits per heavy atom. The average molecular weight is 236 g/mol. The number of carbonyl (C=O) groups excluding carboxylic acids is 1. The van der Waals surface area contributed by atoms with E-state index in [4.69, 9.17) is 6.42 Å². The summed E-state index contributed by atoms with van der Waals surface area (Å²) >= 11 is 0. The van der Waals surface area contributed by atoms with Crippen LogP contribution in [0.4, 0.5) is 5.69 Å². The monoisotopic (exact) mass is 236 g/mol. The molecule has 0 fully saturated rings. The van der Waals surface area contributed by atoms with E-state index in [2.05, 4.69) is 16.2 Å². The van der Waals surface area contributed by atoms with Gasteiger partial charge in [0.25, 0.3) is 0 Å². The largest absolute Gasteiger partial charge is 0.326 e. The molecule has 0 aliphatic carbocycles. The molecule has 0 aliphatic rings. The number of carbonyl (C=O) groups is 1. The Balaban J connectivity index is 2.01. The van der Waals surface area contributed by atoms with Crippen LogP contribution < -0.4 is 5.32 Å². The van der Waals surface area contributed by atoms with Gasteiger partial charge >= 0.3 is 0 Å². The number of terminal acetylenes is 1. The third-order valence-corrected chi connectivity index (χ3v) is 2.38. The van der Waals surface area contributed by atoms with E-state index in [0.717, 1.165) is 11.3 Å². The summed E-state index contributed by atoms with van der Waals surface area (Å²) in [5.41, 5.74) is 2.18. The molecule has 88 valence electrons. The zero-order valence-corrected chi connectivity index (χ0v) is 9.76. The highest BCUT2D eigenvalue weighted by Gasteiger charge is 2.04. The van der Waals surface area contributed by atoms with Crippen LogP contribution in [0.2, 0.25) is 0 Å². The van der Waals surface area contributed by atoms with E-state index >= 15 is 0 Å². The number of benzene rings is 1. The highest BCUT2D eigenvalue weighted by molar-refractivity contribution is 5.92. The molecular formula is C15H12N2O. The Kier molecular flexibility index (Phi) is 3.72. The molecule has 1 N–H and O–H groups in total. The summed E-state index contributed by atoms with van der Waals surface area (Å²) in [5, 5.41) is 2.79. The van der Waals surface area contributed by atoms with Crippen LogP contribution in [0, 0.1) is 12.3 Å². The lowest BCUT2D eigenvalue weighted by Gasteiger charge is -2.05. The lowest BCUT2D eigenvalue weighted by Crippen LogP contribution is -2.15. The van der Waals surface area contributed by atoms with Crippen molar-refractivity contribution in [3.63, 3.8) is 0 Å². The minimum Gasteiger partial charge on any atom is -0.326 e. The van der Waals surface area contributed by atoms with Gasteiger partial charge in [-0.3, -0.25) is 9.78 Å². The van der Waals surface area contributed by atoms with E-state index in [9.17, 15) is 4.79 Å². The molecule has 1 heterocycles. The highest BCUT2D eigenvalue weighted by Crippen LogP contribution is 2.10. The van der Waals surface area contributed by atoms with E-state index in [0.29, 0.717) is 5.69 Å². The van der Waals surface area contributed by atoms with Crippen LogP contribution >= 0.6 is 0 Å². The smallest absolute Gasteiger partial charge is 0.230 e. The maximum atomic E-state index is 11.8. The number of nitrogens with one attached hydrogen (secondary N) is 1. The first kappa shape index (κ1) is 11.9. The minimum atomic E-state index is -0.108.